The first-order valence-corrected chi connectivity index (χ1v) is 8.33. The van der Waals surface area contributed by atoms with Gasteiger partial charge in [0.05, 0.1) is 6.04 Å². The molecule has 0 saturated heterocycles. The van der Waals surface area contributed by atoms with Crippen LogP contribution in [-0.4, -0.2) is 11.5 Å². The molecule has 0 fully saturated rings. The molecule has 1 unspecified atom stereocenters. The monoisotopic (exact) mass is 352 g/mol. The van der Waals surface area contributed by atoms with Crippen molar-refractivity contribution in [1.29, 1.82) is 0 Å². The molecule has 1 aliphatic heterocycles. The Hall–Kier alpha value is -1.84. The lowest BCUT2D eigenvalue weighted by Gasteiger charge is -2.31. The molecule has 0 aliphatic carbocycles. The molecule has 22 heavy (non-hydrogen) atoms. The highest BCUT2D eigenvalue weighted by Crippen LogP contribution is 2.36. The van der Waals surface area contributed by atoms with Crippen molar-refractivity contribution in [3.8, 4) is 0 Å². The highest BCUT2D eigenvalue weighted by molar-refractivity contribution is 9.10. The largest absolute Gasteiger partial charge is 0.364 e. The Kier molecular flexibility index (Phi) is 3.60. The summed E-state index contributed by atoms with van der Waals surface area (Å²) in [6.45, 7) is 0.943. The smallest absolute Gasteiger partial charge is 0.0595 e. The minimum atomic E-state index is 0.259. The van der Waals surface area contributed by atoms with E-state index in [1.54, 1.807) is 0 Å². The second-order valence-corrected chi connectivity index (χ2v) is 6.62. The number of aromatic amines is 1. The molecular formula is C19H17BrN2. The minimum Gasteiger partial charge on any atom is -0.364 e. The van der Waals surface area contributed by atoms with Crippen LogP contribution in [0.1, 0.15) is 34.3 Å². The summed E-state index contributed by atoms with van der Waals surface area (Å²) in [6.07, 6.45) is 2.06. The molecule has 0 amide bonds. The molecule has 2 N–H and O–H groups in total. The fourth-order valence-electron chi connectivity index (χ4n) is 3.32. The van der Waals surface area contributed by atoms with Crippen molar-refractivity contribution < 1.29 is 0 Å². The Balaban J connectivity index is 1.73. The molecule has 2 atom stereocenters. The molecule has 2 aromatic carbocycles. The van der Waals surface area contributed by atoms with Crippen LogP contribution in [0.2, 0.25) is 0 Å². The van der Waals surface area contributed by atoms with E-state index < -0.39 is 0 Å². The third-order valence-electron chi connectivity index (χ3n) is 4.40. The van der Waals surface area contributed by atoms with Crippen LogP contribution in [-0.2, 0) is 0 Å². The van der Waals surface area contributed by atoms with Crippen molar-refractivity contribution in [2.45, 2.75) is 12.0 Å². The van der Waals surface area contributed by atoms with Gasteiger partial charge in [-0.1, -0.05) is 58.4 Å². The zero-order valence-corrected chi connectivity index (χ0v) is 13.7. The lowest BCUT2D eigenvalue weighted by molar-refractivity contribution is 0.526. The van der Waals surface area contributed by atoms with Crippen molar-refractivity contribution in [3.05, 3.63) is 93.7 Å². The topological polar surface area (TPSA) is 27.8 Å². The number of hydrogen-bond donors (Lipinski definition) is 2. The highest BCUT2D eigenvalue weighted by Gasteiger charge is 2.29. The van der Waals surface area contributed by atoms with E-state index in [9.17, 15) is 0 Å². The average molecular weight is 353 g/mol. The molecule has 110 valence electrons. The first-order chi connectivity index (χ1) is 10.8. The van der Waals surface area contributed by atoms with Crippen molar-refractivity contribution in [2.75, 3.05) is 6.54 Å². The SMILES string of the molecule is Brc1ccc(C2NC[C@H](c3ccccc3)c3[nH]ccc32)cc1. The number of fused-ring (bicyclic) bond motifs is 1. The van der Waals surface area contributed by atoms with Crippen LogP contribution in [0.3, 0.4) is 0 Å². The van der Waals surface area contributed by atoms with Crippen LogP contribution in [0.4, 0.5) is 0 Å². The van der Waals surface area contributed by atoms with Gasteiger partial charge in [0, 0.05) is 28.8 Å². The van der Waals surface area contributed by atoms with Gasteiger partial charge in [-0.2, -0.15) is 0 Å². The quantitative estimate of drug-likeness (QED) is 0.692. The maximum Gasteiger partial charge on any atom is 0.0595 e. The van der Waals surface area contributed by atoms with Gasteiger partial charge in [0.25, 0.3) is 0 Å². The lowest BCUT2D eigenvalue weighted by atomic mass is 9.85. The van der Waals surface area contributed by atoms with Gasteiger partial charge in [-0.05, 0) is 34.9 Å². The van der Waals surface area contributed by atoms with E-state index in [-0.39, 0.29) is 6.04 Å². The summed E-state index contributed by atoms with van der Waals surface area (Å²) < 4.78 is 1.11. The fourth-order valence-corrected chi connectivity index (χ4v) is 3.58. The molecule has 0 bridgehead atoms. The molecular weight excluding hydrogens is 336 g/mol. The summed E-state index contributed by atoms with van der Waals surface area (Å²) >= 11 is 3.51. The maximum absolute atomic E-state index is 3.71. The van der Waals surface area contributed by atoms with E-state index in [1.165, 1.54) is 22.4 Å². The van der Waals surface area contributed by atoms with E-state index in [4.69, 9.17) is 0 Å². The number of hydrogen-bond acceptors (Lipinski definition) is 1. The molecule has 3 heteroatoms. The van der Waals surface area contributed by atoms with E-state index >= 15 is 0 Å². The summed E-state index contributed by atoms with van der Waals surface area (Å²) in [5, 5.41) is 3.71. The highest BCUT2D eigenvalue weighted by atomic mass is 79.9. The Morgan fingerprint density at radius 1 is 0.864 bits per heavy atom. The van der Waals surface area contributed by atoms with Gasteiger partial charge in [0.1, 0.15) is 0 Å². The Labute approximate surface area is 138 Å². The molecule has 4 rings (SSSR count). The third kappa shape index (κ3) is 2.40. The third-order valence-corrected chi connectivity index (χ3v) is 4.93. The van der Waals surface area contributed by atoms with Crippen LogP contribution in [0.5, 0.6) is 0 Å². The number of H-pyrrole nitrogens is 1. The molecule has 0 radical (unpaired) electrons. The predicted molar refractivity (Wildman–Crippen MR) is 93.1 cm³/mol. The van der Waals surface area contributed by atoms with E-state index in [0.29, 0.717) is 5.92 Å². The molecule has 1 aliphatic rings. The first-order valence-electron chi connectivity index (χ1n) is 7.54. The van der Waals surface area contributed by atoms with Gasteiger partial charge in [0.15, 0.2) is 0 Å². The van der Waals surface area contributed by atoms with Crippen LogP contribution in [0.25, 0.3) is 0 Å². The average Bonchev–Trinajstić information content (AvgIpc) is 3.05. The second-order valence-electron chi connectivity index (χ2n) is 5.70. The molecule has 1 aromatic heterocycles. The maximum atomic E-state index is 3.71. The number of benzene rings is 2. The van der Waals surface area contributed by atoms with E-state index in [2.05, 4.69) is 93.1 Å². The molecule has 3 aromatic rings. The first kappa shape index (κ1) is 13.8. The van der Waals surface area contributed by atoms with E-state index in [0.717, 1.165) is 11.0 Å². The number of rotatable bonds is 2. The zero-order valence-electron chi connectivity index (χ0n) is 12.1. The fraction of sp³-hybridized carbons (Fsp3) is 0.158. The summed E-state index contributed by atoms with van der Waals surface area (Å²) in [5.74, 6) is 0.387. The Morgan fingerprint density at radius 3 is 2.41 bits per heavy atom. The lowest BCUT2D eigenvalue weighted by Crippen LogP contribution is -2.33. The van der Waals surface area contributed by atoms with E-state index in [1.807, 2.05) is 0 Å². The van der Waals surface area contributed by atoms with Gasteiger partial charge >= 0.3 is 0 Å². The summed E-state index contributed by atoms with van der Waals surface area (Å²) in [5.41, 5.74) is 5.34. The molecule has 0 spiro atoms. The van der Waals surface area contributed by atoms with Crippen molar-refractivity contribution in [1.82, 2.24) is 10.3 Å². The summed E-state index contributed by atoms with van der Waals surface area (Å²) in [7, 11) is 0. The Morgan fingerprint density at radius 2 is 1.64 bits per heavy atom. The van der Waals surface area contributed by atoms with Gasteiger partial charge in [-0.25, -0.2) is 0 Å². The Bertz CT molecular complexity index is 762. The molecule has 2 nitrogen and oxygen atoms in total. The van der Waals surface area contributed by atoms with Crippen molar-refractivity contribution >= 4 is 15.9 Å². The number of halogens is 1. The predicted octanol–water partition coefficient (Wildman–Crippen LogP) is 4.60. The summed E-state index contributed by atoms with van der Waals surface area (Å²) in [4.78, 5) is 3.47. The second kappa shape index (κ2) is 5.75. The molecule has 0 saturated carbocycles. The standard InChI is InChI=1S/C19H17BrN2/c20-15-8-6-14(7-9-15)18-16-10-11-21-19(16)17(12-22-18)13-4-2-1-3-5-13/h1-11,17-18,21-22H,12H2/t17-,18?/m1/s1. The van der Waals surface area contributed by atoms with Crippen LogP contribution >= 0.6 is 15.9 Å². The van der Waals surface area contributed by atoms with Crippen molar-refractivity contribution in [3.63, 3.8) is 0 Å². The van der Waals surface area contributed by atoms with Gasteiger partial charge < -0.3 is 10.3 Å². The van der Waals surface area contributed by atoms with Crippen LogP contribution in [0, 0.1) is 0 Å². The van der Waals surface area contributed by atoms with Crippen LogP contribution in [0.15, 0.2) is 71.3 Å². The molecule has 2 heterocycles. The summed E-state index contributed by atoms with van der Waals surface area (Å²) in [6, 6.07) is 21.7. The zero-order chi connectivity index (χ0) is 14.9. The normalized spacial score (nSPS) is 20.6. The van der Waals surface area contributed by atoms with Gasteiger partial charge in [-0.15, -0.1) is 0 Å². The van der Waals surface area contributed by atoms with Crippen LogP contribution < -0.4 is 5.32 Å². The number of aromatic nitrogens is 1. The van der Waals surface area contributed by atoms with Gasteiger partial charge in [-0.3, -0.25) is 0 Å². The van der Waals surface area contributed by atoms with Gasteiger partial charge in [0.2, 0.25) is 0 Å². The number of nitrogens with one attached hydrogen (secondary N) is 2. The minimum absolute atomic E-state index is 0.259. The van der Waals surface area contributed by atoms with Crippen molar-refractivity contribution in [2.24, 2.45) is 0 Å².